The van der Waals surface area contributed by atoms with Crippen molar-refractivity contribution in [2.75, 3.05) is 20.8 Å². The Bertz CT molecular complexity index is 1740. The zero-order valence-electron chi connectivity index (χ0n) is 40.2. The molecule has 1 saturated carbocycles. The second-order valence-electron chi connectivity index (χ2n) is 19.8. The van der Waals surface area contributed by atoms with Gasteiger partial charge in [0.05, 0.1) is 18.3 Å². The zero-order valence-corrected chi connectivity index (χ0v) is 40.2. The van der Waals surface area contributed by atoms with Crippen LogP contribution in [0.5, 0.6) is 0 Å². The van der Waals surface area contributed by atoms with Gasteiger partial charge in [-0.25, -0.2) is 4.79 Å². The van der Waals surface area contributed by atoms with Crippen LogP contribution in [0.4, 0.5) is 0 Å². The minimum absolute atomic E-state index is 0.0258. The summed E-state index contributed by atoms with van der Waals surface area (Å²) in [5, 5.41) is 33.8. The Morgan fingerprint density at radius 2 is 1.58 bits per heavy atom. The third-order valence-corrected chi connectivity index (χ3v) is 14.5. The maximum atomic E-state index is 14.3. The van der Waals surface area contributed by atoms with Crippen molar-refractivity contribution >= 4 is 29.2 Å². The van der Waals surface area contributed by atoms with Crippen LogP contribution >= 0.6 is 0 Å². The number of ketones is 3. The number of hydrogen-bond donors (Lipinski definition) is 3. The molecule has 0 radical (unpaired) electrons. The first-order valence-corrected chi connectivity index (χ1v) is 23.9. The van der Waals surface area contributed by atoms with E-state index in [2.05, 4.69) is 0 Å². The second kappa shape index (κ2) is 24.4. The Kier molecular flexibility index (Phi) is 20.4. The summed E-state index contributed by atoms with van der Waals surface area (Å²) < 4.78 is 23.8. The molecular weight excluding hydrogens is 819 g/mol. The number of nitrogens with zero attached hydrogens (tertiary/aromatic N) is 1. The van der Waals surface area contributed by atoms with Crippen LogP contribution in [-0.4, -0.2) is 119 Å². The fraction of sp³-hybridized carbons (Fsp3) is 0.745. The summed E-state index contributed by atoms with van der Waals surface area (Å²) in [5.41, 5.74) is 1.28. The van der Waals surface area contributed by atoms with Crippen LogP contribution in [0.25, 0.3) is 0 Å². The van der Waals surface area contributed by atoms with Gasteiger partial charge in [0.2, 0.25) is 5.79 Å². The quantitative estimate of drug-likeness (QED) is 0.149. The molecule has 0 unspecified atom stereocenters. The topological polar surface area (TPSA) is 186 Å². The van der Waals surface area contributed by atoms with Crippen molar-refractivity contribution in [2.24, 2.45) is 41.4 Å². The predicted octanol–water partition coefficient (Wildman–Crippen LogP) is 6.80. The third-order valence-electron chi connectivity index (χ3n) is 14.5. The molecule has 0 aromatic rings. The van der Waals surface area contributed by atoms with Crippen LogP contribution in [0.1, 0.15) is 132 Å². The van der Waals surface area contributed by atoms with E-state index in [1.807, 2.05) is 65.0 Å². The maximum Gasteiger partial charge on any atom is 0.329 e. The molecule has 360 valence electrons. The van der Waals surface area contributed by atoms with E-state index in [0.717, 1.165) is 18.4 Å². The molecule has 0 aromatic carbocycles. The van der Waals surface area contributed by atoms with Gasteiger partial charge in [0, 0.05) is 51.4 Å². The number of esters is 1. The normalized spacial score (nSPS) is 39.5. The van der Waals surface area contributed by atoms with Crippen LogP contribution < -0.4 is 0 Å². The van der Waals surface area contributed by atoms with E-state index in [9.17, 15) is 39.3 Å². The van der Waals surface area contributed by atoms with Crippen LogP contribution in [0.3, 0.4) is 0 Å². The Morgan fingerprint density at radius 1 is 0.859 bits per heavy atom. The number of aliphatic hydroxyl groups excluding tert-OH is 2. The molecule has 3 aliphatic heterocycles. The molecule has 13 nitrogen and oxygen atoms in total. The SMILES string of the molecule is CO[C@H]1C[C@@H]2CC[C@@H](C)[C@@](O)(O2)C(=O)C(=O)N2CCCC[C@H]2C(=O)O[C@H]([C@H](C)C[C@H]2CC[C@@H](O)[C@H](C)C2)CC(=O)[C@H](C)/C=C(\C)[C@@H](O)[C@@H](OC)C(=O)[C@H](C)C[C@H](C)/C=C/C=CC=C1C. The molecule has 13 heteroatoms. The molecule has 0 spiro atoms. The van der Waals surface area contributed by atoms with Gasteiger partial charge in [-0.2, -0.15) is 0 Å². The molecule has 0 aromatic heterocycles. The molecule has 4 aliphatic rings. The first-order chi connectivity index (χ1) is 30.2. The lowest BCUT2D eigenvalue weighted by atomic mass is 9.75. The van der Waals surface area contributed by atoms with Crippen molar-refractivity contribution in [2.45, 2.75) is 181 Å². The fourth-order valence-electron chi connectivity index (χ4n) is 10.2. The molecule has 4 rings (SSSR count). The minimum atomic E-state index is -2.42. The first-order valence-electron chi connectivity index (χ1n) is 23.9. The largest absolute Gasteiger partial charge is 0.460 e. The summed E-state index contributed by atoms with van der Waals surface area (Å²) in [7, 11) is 2.96. The number of rotatable bonds is 5. The van der Waals surface area contributed by atoms with Gasteiger partial charge in [0.15, 0.2) is 5.78 Å². The molecule has 15 atom stereocenters. The van der Waals surface area contributed by atoms with E-state index in [1.165, 1.54) is 12.0 Å². The summed E-state index contributed by atoms with van der Waals surface area (Å²) in [4.78, 5) is 71.7. The average Bonchev–Trinajstić information content (AvgIpc) is 3.26. The molecule has 1 amide bonds. The number of ether oxygens (including phenoxy) is 4. The van der Waals surface area contributed by atoms with Crippen LogP contribution in [0.2, 0.25) is 0 Å². The number of carbonyl (C=O) groups excluding carboxylic acids is 5. The summed E-state index contributed by atoms with van der Waals surface area (Å²) in [6.45, 7) is 14.8. The van der Waals surface area contributed by atoms with E-state index >= 15 is 0 Å². The number of hydrogen-bond acceptors (Lipinski definition) is 12. The Hall–Kier alpha value is -3.33. The molecule has 3 N–H and O–H groups in total. The second-order valence-corrected chi connectivity index (χ2v) is 19.8. The number of Topliss-reactive ketones (excluding diaryl/α,β-unsaturated/α-hetero) is 3. The fourth-order valence-corrected chi connectivity index (χ4v) is 10.2. The monoisotopic (exact) mass is 898 g/mol. The van der Waals surface area contributed by atoms with Crippen molar-refractivity contribution in [3.05, 3.63) is 47.6 Å². The molecule has 3 fully saturated rings. The van der Waals surface area contributed by atoms with Gasteiger partial charge < -0.3 is 39.2 Å². The van der Waals surface area contributed by atoms with Gasteiger partial charge in [0.1, 0.15) is 30.1 Å². The van der Waals surface area contributed by atoms with Crippen molar-refractivity contribution in [1.29, 1.82) is 0 Å². The lowest BCUT2D eigenvalue weighted by molar-refractivity contribution is -0.265. The highest BCUT2D eigenvalue weighted by Gasteiger charge is 2.53. The van der Waals surface area contributed by atoms with Crippen molar-refractivity contribution in [3.8, 4) is 0 Å². The lowest BCUT2D eigenvalue weighted by Crippen LogP contribution is -2.61. The van der Waals surface area contributed by atoms with Crippen LogP contribution in [0.15, 0.2) is 47.6 Å². The summed E-state index contributed by atoms with van der Waals surface area (Å²) >= 11 is 0. The van der Waals surface area contributed by atoms with Gasteiger partial charge >= 0.3 is 5.97 Å². The number of amides is 1. The Balaban J connectivity index is 1.70. The third kappa shape index (κ3) is 13.9. The summed E-state index contributed by atoms with van der Waals surface area (Å²) in [6, 6.07) is -1.12. The Labute approximate surface area is 382 Å². The number of allylic oxidation sites excluding steroid dienone is 6. The molecular formula is C51H79NO12. The number of aliphatic hydroxyl groups is 3. The minimum Gasteiger partial charge on any atom is -0.460 e. The average molecular weight is 898 g/mol. The van der Waals surface area contributed by atoms with Gasteiger partial charge in [-0.05, 0) is 113 Å². The van der Waals surface area contributed by atoms with Crippen molar-refractivity contribution in [1.82, 2.24) is 4.90 Å². The number of methoxy groups -OCH3 is 2. The summed E-state index contributed by atoms with van der Waals surface area (Å²) in [6.07, 6.45) is 12.4. The summed E-state index contributed by atoms with van der Waals surface area (Å²) in [5.74, 6) is -7.55. The smallest absolute Gasteiger partial charge is 0.329 e. The molecule has 64 heavy (non-hydrogen) atoms. The van der Waals surface area contributed by atoms with E-state index in [0.29, 0.717) is 56.9 Å². The zero-order chi connectivity index (χ0) is 47.5. The van der Waals surface area contributed by atoms with E-state index in [-0.39, 0.29) is 60.7 Å². The standard InChI is InChI=1S/C51H79NO12/c1-30-16-12-11-13-17-31(2)43(61-9)28-39-21-19-37(8)51(60,64-39)48(57)49(58)52-23-15-14-18-40(52)50(59)63-44(34(5)27-38-20-22-41(53)33(4)26-38)29-42(54)32(3)25-36(7)46(56)47(62-10)45(55)35(6)24-30/h11-13,16-17,25,30,32-35,37-41,43-44,46-47,53,56,60H,14-15,18-24,26-29H2,1-10H3/b13-11?,16-12+,31-17?,36-25+/t30-,32-,33-,34-,35-,37-,38+,39+,40+,41-,43+,44+,46-,47+,51-/m1/s1. The highest BCUT2D eigenvalue weighted by Crippen LogP contribution is 2.38. The molecule has 2 saturated heterocycles. The highest BCUT2D eigenvalue weighted by atomic mass is 16.6. The van der Waals surface area contributed by atoms with Crippen molar-refractivity contribution < 1.29 is 58.2 Å². The number of cyclic esters (lactones) is 1. The van der Waals surface area contributed by atoms with E-state index < -0.39 is 77.8 Å². The van der Waals surface area contributed by atoms with E-state index in [4.69, 9.17) is 18.9 Å². The first kappa shape index (κ1) is 53.3. The van der Waals surface area contributed by atoms with Crippen LogP contribution in [0, 0.1) is 41.4 Å². The van der Waals surface area contributed by atoms with Crippen LogP contribution in [-0.2, 0) is 42.9 Å². The molecule has 2 bridgehead atoms. The van der Waals surface area contributed by atoms with Crippen molar-refractivity contribution in [3.63, 3.8) is 0 Å². The molecule has 3 heterocycles. The van der Waals surface area contributed by atoms with Gasteiger partial charge in [-0.15, -0.1) is 0 Å². The highest BCUT2D eigenvalue weighted by molar-refractivity contribution is 6.39. The van der Waals surface area contributed by atoms with Gasteiger partial charge in [0.25, 0.3) is 11.7 Å². The predicted molar refractivity (Wildman–Crippen MR) is 244 cm³/mol. The molecule has 1 aliphatic carbocycles. The number of carbonyl (C=O) groups is 5. The van der Waals surface area contributed by atoms with Gasteiger partial charge in [-0.1, -0.05) is 78.0 Å². The Morgan fingerprint density at radius 3 is 2.25 bits per heavy atom. The van der Waals surface area contributed by atoms with Gasteiger partial charge in [-0.3, -0.25) is 19.2 Å². The van der Waals surface area contributed by atoms with E-state index in [1.54, 1.807) is 34.0 Å². The lowest BCUT2D eigenvalue weighted by Gasteiger charge is -2.42. The maximum absolute atomic E-state index is 14.3. The number of fused-ring (bicyclic) bond motifs is 3. The number of piperidine rings is 1.